The van der Waals surface area contributed by atoms with Gasteiger partial charge in [-0.1, -0.05) is 0 Å². The molecular weight excluding hydrogens is 301 g/mol. The van der Waals surface area contributed by atoms with Crippen molar-refractivity contribution < 1.29 is 13.2 Å². The van der Waals surface area contributed by atoms with Crippen LogP contribution in [0.1, 0.15) is 5.56 Å². The Kier molecular flexibility index (Phi) is 5.02. The Balaban J connectivity index is 1.85. The third-order valence-electron chi connectivity index (χ3n) is 3.23. The van der Waals surface area contributed by atoms with E-state index in [9.17, 15) is 13.2 Å². The predicted octanol–water partition coefficient (Wildman–Crippen LogP) is 2.15. The van der Waals surface area contributed by atoms with Crippen LogP contribution < -0.4 is 10.7 Å². The second-order valence-corrected chi connectivity index (χ2v) is 5.34. The number of rotatable bonds is 2. The molecule has 0 unspecified atom stereocenters. The van der Waals surface area contributed by atoms with E-state index in [4.69, 9.17) is 12.2 Å². The zero-order valence-electron chi connectivity index (χ0n) is 11.6. The highest BCUT2D eigenvalue weighted by Gasteiger charge is 2.29. The van der Waals surface area contributed by atoms with Crippen LogP contribution in [0.15, 0.2) is 24.3 Å². The molecule has 0 bridgehead atoms. The minimum absolute atomic E-state index is 0.374. The quantitative estimate of drug-likeness (QED) is 0.816. The van der Waals surface area contributed by atoms with Crippen LogP contribution in [0.2, 0.25) is 0 Å². The van der Waals surface area contributed by atoms with Gasteiger partial charge in [-0.3, -0.25) is 5.43 Å². The van der Waals surface area contributed by atoms with Crippen LogP contribution >= 0.6 is 12.2 Å². The number of piperazine rings is 1. The average Bonchev–Trinajstić information content (AvgIpc) is 2.41. The summed E-state index contributed by atoms with van der Waals surface area (Å²) >= 11 is 5.15. The molecule has 21 heavy (non-hydrogen) atoms. The fourth-order valence-corrected chi connectivity index (χ4v) is 2.21. The molecule has 0 spiro atoms. The summed E-state index contributed by atoms with van der Waals surface area (Å²) in [6.45, 7) is 3.56. The molecule has 0 aliphatic carbocycles. The third kappa shape index (κ3) is 4.83. The summed E-state index contributed by atoms with van der Waals surface area (Å²) in [5, 5.41) is 5.24. The lowest BCUT2D eigenvalue weighted by atomic mass is 10.2. The van der Waals surface area contributed by atoms with Crippen molar-refractivity contribution in [2.45, 2.75) is 6.18 Å². The van der Waals surface area contributed by atoms with E-state index in [1.54, 1.807) is 0 Å². The van der Waals surface area contributed by atoms with E-state index in [1.807, 2.05) is 5.01 Å². The molecule has 1 saturated heterocycles. The zero-order valence-corrected chi connectivity index (χ0v) is 12.4. The van der Waals surface area contributed by atoms with E-state index in [-0.39, 0.29) is 0 Å². The second kappa shape index (κ2) is 6.59. The molecule has 1 fully saturated rings. The standard InChI is InChI=1S/C13H17F3N4S/c1-19-6-8-20(9-7-19)18-12(21)17-11-4-2-10(3-5-11)13(14,15)16/h2-5H,6-9H2,1H3,(H2,17,18,21). The molecule has 1 aliphatic rings. The van der Waals surface area contributed by atoms with Crippen LogP contribution in [0.4, 0.5) is 18.9 Å². The van der Waals surface area contributed by atoms with Crippen molar-refractivity contribution in [3.05, 3.63) is 29.8 Å². The summed E-state index contributed by atoms with van der Waals surface area (Å²) < 4.78 is 37.4. The van der Waals surface area contributed by atoms with Crippen LogP contribution in [-0.2, 0) is 6.18 Å². The lowest BCUT2D eigenvalue weighted by molar-refractivity contribution is -0.137. The highest BCUT2D eigenvalue weighted by molar-refractivity contribution is 7.80. The molecule has 1 heterocycles. The van der Waals surface area contributed by atoms with Gasteiger partial charge in [-0.15, -0.1) is 0 Å². The smallest absolute Gasteiger partial charge is 0.332 e. The van der Waals surface area contributed by atoms with E-state index in [2.05, 4.69) is 22.7 Å². The first-order chi connectivity index (χ1) is 9.84. The van der Waals surface area contributed by atoms with E-state index in [1.165, 1.54) is 12.1 Å². The Hall–Kier alpha value is -1.38. The largest absolute Gasteiger partial charge is 0.416 e. The molecule has 1 aromatic rings. The Bertz CT molecular complexity index is 481. The van der Waals surface area contributed by atoms with Crippen LogP contribution in [0.25, 0.3) is 0 Å². The number of hydrogen-bond acceptors (Lipinski definition) is 3. The summed E-state index contributed by atoms with van der Waals surface area (Å²) in [5.41, 5.74) is 2.89. The molecule has 0 amide bonds. The van der Waals surface area contributed by atoms with Crippen LogP contribution in [-0.4, -0.2) is 48.2 Å². The van der Waals surface area contributed by atoms with Gasteiger partial charge in [-0.2, -0.15) is 13.2 Å². The summed E-state index contributed by atoms with van der Waals surface area (Å²) in [4.78, 5) is 2.21. The number of anilines is 1. The number of hydrogen-bond donors (Lipinski definition) is 2. The number of nitrogens with one attached hydrogen (secondary N) is 2. The lowest BCUT2D eigenvalue weighted by Gasteiger charge is -2.33. The molecule has 0 aromatic heterocycles. The average molecular weight is 318 g/mol. The molecule has 0 atom stereocenters. The van der Waals surface area contributed by atoms with Gasteiger partial charge < -0.3 is 10.2 Å². The van der Waals surface area contributed by atoms with Crippen LogP contribution in [0.5, 0.6) is 0 Å². The van der Waals surface area contributed by atoms with Gasteiger partial charge >= 0.3 is 6.18 Å². The molecule has 1 aromatic carbocycles. The lowest BCUT2D eigenvalue weighted by Crippen LogP contribution is -2.53. The topological polar surface area (TPSA) is 30.5 Å². The number of halogens is 3. The van der Waals surface area contributed by atoms with Gasteiger partial charge in [0.2, 0.25) is 0 Å². The molecule has 2 rings (SSSR count). The van der Waals surface area contributed by atoms with Crippen LogP contribution in [0, 0.1) is 0 Å². The molecular formula is C13H17F3N4S. The van der Waals surface area contributed by atoms with Gasteiger partial charge in [-0.25, -0.2) is 5.01 Å². The van der Waals surface area contributed by atoms with E-state index < -0.39 is 11.7 Å². The van der Waals surface area contributed by atoms with Gasteiger partial charge in [0.05, 0.1) is 5.56 Å². The SMILES string of the molecule is CN1CCN(NC(=S)Nc2ccc(C(F)(F)F)cc2)CC1. The van der Waals surface area contributed by atoms with Crippen molar-refractivity contribution in [3.63, 3.8) is 0 Å². The first kappa shape index (κ1) is 16.0. The van der Waals surface area contributed by atoms with Crippen molar-refractivity contribution in [2.75, 3.05) is 38.5 Å². The van der Waals surface area contributed by atoms with Crippen LogP contribution in [0.3, 0.4) is 0 Å². The molecule has 8 heteroatoms. The molecule has 2 N–H and O–H groups in total. The molecule has 0 radical (unpaired) electrons. The van der Waals surface area contributed by atoms with Crippen molar-refractivity contribution in [3.8, 4) is 0 Å². The monoisotopic (exact) mass is 318 g/mol. The maximum atomic E-state index is 12.5. The molecule has 1 aliphatic heterocycles. The number of likely N-dealkylation sites (N-methyl/N-ethyl adjacent to an activating group) is 1. The van der Waals surface area contributed by atoms with Crippen molar-refractivity contribution in [2.24, 2.45) is 0 Å². The van der Waals surface area contributed by atoms with E-state index >= 15 is 0 Å². The Morgan fingerprint density at radius 3 is 2.19 bits per heavy atom. The molecule has 4 nitrogen and oxygen atoms in total. The molecule has 116 valence electrons. The number of alkyl halides is 3. The van der Waals surface area contributed by atoms with Crippen molar-refractivity contribution >= 4 is 23.0 Å². The summed E-state index contributed by atoms with van der Waals surface area (Å²) in [6, 6.07) is 4.78. The number of thiocarbonyl (C=S) groups is 1. The number of nitrogens with zero attached hydrogens (tertiary/aromatic N) is 2. The molecule has 0 saturated carbocycles. The highest BCUT2D eigenvalue weighted by Crippen LogP contribution is 2.29. The number of hydrazine groups is 1. The fraction of sp³-hybridized carbons (Fsp3) is 0.462. The fourth-order valence-electron chi connectivity index (χ4n) is 1.96. The minimum atomic E-state index is -4.32. The number of benzene rings is 1. The van der Waals surface area contributed by atoms with E-state index in [0.29, 0.717) is 10.8 Å². The van der Waals surface area contributed by atoms with Crippen molar-refractivity contribution in [1.29, 1.82) is 0 Å². The summed E-state index contributed by atoms with van der Waals surface area (Å²) in [6.07, 6.45) is -4.32. The van der Waals surface area contributed by atoms with Gasteiger partial charge in [0.25, 0.3) is 0 Å². The van der Waals surface area contributed by atoms with Gasteiger partial charge in [0.1, 0.15) is 0 Å². The third-order valence-corrected chi connectivity index (χ3v) is 3.43. The van der Waals surface area contributed by atoms with Gasteiger partial charge in [-0.05, 0) is 43.5 Å². The Labute approximate surface area is 126 Å². The summed E-state index contributed by atoms with van der Waals surface area (Å²) in [7, 11) is 2.05. The summed E-state index contributed by atoms with van der Waals surface area (Å²) in [5.74, 6) is 0. The maximum absolute atomic E-state index is 12.5. The van der Waals surface area contributed by atoms with Gasteiger partial charge in [0.15, 0.2) is 5.11 Å². The first-order valence-electron chi connectivity index (χ1n) is 6.53. The second-order valence-electron chi connectivity index (χ2n) is 4.93. The van der Waals surface area contributed by atoms with Crippen molar-refractivity contribution in [1.82, 2.24) is 15.3 Å². The highest BCUT2D eigenvalue weighted by atomic mass is 32.1. The predicted molar refractivity (Wildman–Crippen MR) is 79.9 cm³/mol. The minimum Gasteiger partial charge on any atom is -0.332 e. The van der Waals surface area contributed by atoms with Gasteiger partial charge in [0, 0.05) is 31.9 Å². The Morgan fingerprint density at radius 1 is 1.10 bits per heavy atom. The first-order valence-corrected chi connectivity index (χ1v) is 6.94. The normalized spacial score (nSPS) is 17.5. The van der Waals surface area contributed by atoms with E-state index in [0.717, 1.165) is 38.3 Å². The maximum Gasteiger partial charge on any atom is 0.416 e. The Morgan fingerprint density at radius 2 is 1.67 bits per heavy atom. The zero-order chi connectivity index (χ0) is 15.5.